The molecule has 1 aromatic heterocycles. The second-order valence-electron chi connectivity index (χ2n) is 4.90. The third-order valence-corrected chi connectivity index (χ3v) is 3.43. The fraction of sp³-hybridized carbons (Fsp3) is 0.571. The zero-order valence-electron chi connectivity index (χ0n) is 11.3. The molecule has 5 heteroatoms. The number of carbonyl (C=O) groups is 1. The van der Waals surface area contributed by atoms with Crippen molar-refractivity contribution in [1.82, 2.24) is 9.88 Å². The Labute approximate surface area is 113 Å². The first-order chi connectivity index (χ1) is 9.24. The zero-order chi connectivity index (χ0) is 13.7. The molecule has 1 atom stereocenters. The Morgan fingerprint density at radius 1 is 1.58 bits per heavy atom. The van der Waals surface area contributed by atoms with Gasteiger partial charge in [0.15, 0.2) is 0 Å². The van der Waals surface area contributed by atoms with Gasteiger partial charge in [-0.3, -0.25) is 4.79 Å². The Balaban J connectivity index is 2.02. The fourth-order valence-corrected chi connectivity index (χ4v) is 2.39. The average Bonchev–Trinajstić information content (AvgIpc) is 2.48. The van der Waals surface area contributed by atoms with E-state index in [4.69, 9.17) is 0 Å². The van der Waals surface area contributed by atoms with Gasteiger partial charge in [0.25, 0.3) is 5.91 Å². The minimum atomic E-state index is 0.00805. The number of nitrogens with one attached hydrogen (secondary N) is 1. The van der Waals surface area contributed by atoms with E-state index in [1.807, 2.05) is 17.9 Å². The number of likely N-dealkylation sites (tertiary alicyclic amines) is 1. The summed E-state index contributed by atoms with van der Waals surface area (Å²) in [5.41, 5.74) is 0.611. The monoisotopic (exact) mass is 263 g/mol. The largest absolute Gasteiger partial charge is 0.396 e. The number of amides is 1. The quantitative estimate of drug-likeness (QED) is 0.861. The zero-order valence-corrected chi connectivity index (χ0v) is 11.3. The minimum Gasteiger partial charge on any atom is -0.396 e. The van der Waals surface area contributed by atoms with Gasteiger partial charge in [0, 0.05) is 32.4 Å². The Hall–Kier alpha value is -1.62. The Bertz CT molecular complexity index is 419. The topological polar surface area (TPSA) is 65.5 Å². The molecule has 2 heterocycles. The van der Waals surface area contributed by atoms with E-state index in [2.05, 4.69) is 10.3 Å². The van der Waals surface area contributed by atoms with Gasteiger partial charge in [0.05, 0.1) is 5.56 Å². The third-order valence-electron chi connectivity index (χ3n) is 3.43. The summed E-state index contributed by atoms with van der Waals surface area (Å²) in [4.78, 5) is 18.3. The molecular weight excluding hydrogens is 242 g/mol. The van der Waals surface area contributed by atoms with Crippen molar-refractivity contribution in [3.63, 3.8) is 0 Å². The van der Waals surface area contributed by atoms with Crippen molar-refractivity contribution >= 4 is 11.7 Å². The number of hydrogen-bond donors (Lipinski definition) is 2. The highest BCUT2D eigenvalue weighted by atomic mass is 16.3. The summed E-state index contributed by atoms with van der Waals surface area (Å²) in [7, 11) is 0. The molecule has 1 saturated heterocycles. The van der Waals surface area contributed by atoms with Gasteiger partial charge in [-0.05, 0) is 37.8 Å². The van der Waals surface area contributed by atoms with Gasteiger partial charge in [-0.2, -0.15) is 0 Å². The summed E-state index contributed by atoms with van der Waals surface area (Å²) in [5, 5.41) is 12.3. The molecule has 104 valence electrons. The molecule has 0 saturated carbocycles. The molecule has 1 unspecified atom stereocenters. The van der Waals surface area contributed by atoms with E-state index in [1.165, 1.54) is 0 Å². The van der Waals surface area contributed by atoms with Gasteiger partial charge in [0.1, 0.15) is 5.82 Å². The first-order valence-electron chi connectivity index (χ1n) is 6.84. The number of piperidine rings is 1. The number of aliphatic hydroxyl groups excluding tert-OH is 1. The maximum atomic E-state index is 12.3. The fourth-order valence-electron chi connectivity index (χ4n) is 2.39. The molecule has 1 fully saturated rings. The number of aliphatic hydroxyl groups is 1. The van der Waals surface area contributed by atoms with Gasteiger partial charge >= 0.3 is 0 Å². The van der Waals surface area contributed by atoms with Crippen molar-refractivity contribution < 1.29 is 9.90 Å². The third kappa shape index (κ3) is 3.44. The molecule has 1 aromatic rings. The summed E-state index contributed by atoms with van der Waals surface area (Å²) in [6, 6.07) is 3.63. The molecule has 0 radical (unpaired) electrons. The van der Waals surface area contributed by atoms with Crippen LogP contribution in [0.4, 0.5) is 5.82 Å². The minimum absolute atomic E-state index is 0.00805. The molecule has 1 aliphatic heterocycles. The van der Waals surface area contributed by atoms with Crippen LogP contribution in [0.5, 0.6) is 0 Å². The van der Waals surface area contributed by atoms with Crippen molar-refractivity contribution in [2.24, 2.45) is 5.92 Å². The van der Waals surface area contributed by atoms with Crippen LogP contribution in [0, 0.1) is 5.92 Å². The van der Waals surface area contributed by atoms with E-state index in [0.717, 1.165) is 31.7 Å². The number of carbonyl (C=O) groups excluding carboxylic acids is 1. The van der Waals surface area contributed by atoms with Crippen LogP contribution < -0.4 is 5.32 Å². The van der Waals surface area contributed by atoms with Crippen LogP contribution in [0.15, 0.2) is 18.3 Å². The van der Waals surface area contributed by atoms with Crippen molar-refractivity contribution in [2.45, 2.75) is 19.8 Å². The number of rotatable bonds is 4. The summed E-state index contributed by atoms with van der Waals surface area (Å²) < 4.78 is 0. The van der Waals surface area contributed by atoms with Gasteiger partial charge in [-0.1, -0.05) is 0 Å². The lowest BCUT2D eigenvalue weighted by molar-refractivity contribution is 0.0620. The Morgan fingerprint density at radius 2 is 2.42 bits per heavy atom. The number of aromatic nitrogens is 1. The molecule has 2 N–H and O–H groups in total. The molecule has 0 aliphatic carbocycles. The van der Waals surface area contributed by atoms with Gasteiger partial charge in [-0.25, -0.2) is 4.98 Å². The van der Waals surface area contributed by atoms with E-state index < -0.39 is 0 Å². The first kappa shape index (κ1) is 13.8. The van der Waals surface area contributed by atoms with E-state index in [0.29, 0.717) is 12.1 Å². The highest BCUT2D eigenvalue weighted by Crippen LogP contribution is 2.18. The average molecular weight is 263 g/mol. The van der Waals surface area contributed by atoms with Crippen LogP contribution in [-0.2, 0) is 0 Å². The second-order valence-corrected chi connectivity index (χ2v) is 4.90. The molecule has 5 nitrogen and oxygen atoms in total. The molecule has 1 amide bonds. The molecular formula is C14H21N3O2. The summed E-state index contributed by atoms with van der Waals surface area (Å²) in [6.45, 7) is 4.38. The van der Waals surface area contributed by atoms with Crippen LogP contribution >= 0.6 is 0 Å². The lowest BCUT2D eigenvalue weighted by Crippen LogP contribution is -2.40. The number of anilines is 1. The summed E-state index contributed by atoms with van der Waals surface area (Å²) in [5.74, 6) is 1.01. The van der Waals surface area contributed by atoms with Crippen LogP contribution in [0.2, 0.25) is 0 Å². The smallest absolute Gasteiger partial charge is 0.255 e. The highest BCUT2D eigenvalue weighted by Gasteiger charge is 2.24. The number of nitrogens with zero attached hydrogens (tertiary/aromatic N) is 2. The molecule has 0 aromatic carbocycles. The van der Waals surface area contributed by atoms with E-state index >= 15 is 0 Å². The summed E-state index contributed by atoms with van der Waals surface area (Å²) >= 11 is 0. The normalized spacial score (nSPS) is 19.3. The predicted octanol–water partition coefficient (Wildman–Crippen LogP) is 1.36. The summed E-state index contributed by atoms with van der Waals surface area (Å²) in [6.07, 6.45) is 3.57. The van der Waals surface area contributed by atoms with Crippen LogP contribution in [-0.4, -0.2) is 47.1 Å². The Morgan fingerprint density at radius 3 is 3.05 bits per heavy atom. The maximum Gasteiger partial charge on any atom is 0.255 e. The van der Waals surface area contributed by atoms with E-state index in [1.54, 1.807) is 12.3 Å². The van der Waals surface area contributed by atoms with Gasteiger partial charge < -0.3 is 15.3 Å². The maximum absolute atomic E-state index is 12.3. The predicted molar refractivity (Wildman–Crippen MR) is 74.1 cm³/mol. The van der Waals surface area contributed by atoms with Crippen molar-refractivity contribution in [1.29, 1.82) is 0 Å². The molecule has 1 aliphatic rings. The SMILES string of the molecule is CCNc1ccc(C(=O)N2CCCC(CO)C2)cn1. The lowest BCUT2D eigenvalue weighted by atomic mass is 9.98. The molecule has 0 spiro atoms. The van der Waals surface area contributed by atoms with Crippen molar-refractivity contribution in [3.8, 4) is 0 Å². The van der Waals surface area contributed by atoms with Crippen LogP contribution in [0.1, 0.15) is 30.1 Å². The van der Waals surface area contributed by atoms with Crippen molar-refractivity contribution in [3.05, 3.63) is 23.9 Å². The van der Waals surface area contributed by atoms with Gasteiger partial charge in [-0.15, -0.1) is 0 Å². The Kier molecular flexibility index (Phi) is 4.74. The second kappa shape index (κ2) is 6.52. The van der Waals surface area contributed by atoms with Gasteiger partial charge in [0.2, 0.25) is 0 Å². The molecule has 0 bridgehead atoms. The standard InChI is InChI=1S/C14H21N3O2/c1-2-15-13-6-5-12(8-16-13)14(19)17-7-3-4-11(9-17)10-18/h5-6,8,11,18H,2-4,7,9-10H2,1H3,(H,15,16). The lowest BCUT2D eigenvalue weighted by Gasteiger charge is -2.31. The van der Waals surface area contributed by atoms with Crippen LogP contribution in [0.3, 0.4) is 0 Å². The molecule has 19 heavy (non-hydrogen) atoms. The van der Waals surface area contributed by atoms with E-state index in [9.17, 15) is 9.90 Å². The van der Waals surface area contributed by atoms with Crippen molar-refractivity contribution in [2.75, 3.05) is 31.6 Å². The molecule has 2 rings (SSSR count). The van der Waals surface area contributed by atoms with E-state index in [-0.39, 0.29) is 18.4 Å². The first-order valence-corrected chi connectivity index (χ1v) is 6.84. The number of pyridine rings is 1. The van der Waals surface area contributed by atoms with Crippen LogP contribution in [0.25, 0.3) is 0 Å². The number of hydrogen-bond acceptors (Lipinski definition) is 4. The highest BCUT2D eigenvalue weighted by molar-refractivity contribution is 5.94.